The molecule has 3 rings (SSSR count). The van der Waals surface area contributed by atoms with E-state index in [0.717, 1.165) is 22.0 Å². The lowest BCUT2D eigenvalue weighted by Gasteiger charge is -2.22. The molecule has 0 unspecified atom stereocenters. The zero-order valence-electron chi connectivity index (χ0n) is 13.0. The molecule has 0 saturated heterocycles. The molecule has 2 N–H and O–H groups in total. The SMILES string of the molecule is COc1ccc(-c2nc3sccn3c2NC(C)(C)C)cc1O. The number of aromatic nitrogens is 2. The van der Waals surface area contributed by atoms with E-state index < -0.39 is 0 Å². The highest BCUT2D eigenvalue weighted by Gasteiger charge is 2.20. The van der Waals surface area contributed by atoms with E-state index in [1.165, 1.54) is 7.11 Å². The maximum Gasteiger partial charge on any atom is 0.195 e. The minimum Gasteiger partial charge on any atom is -0.504 e. The highest BCUT2D eigenvalue weighted by molar-refractivity contribution is 7.15. The maximum absolute atomic E-state index is 10.0. The number of nitrogens with one attached hydrogen (secondary N) is 1. The van der Waals surface area contributed by atoms with Crippen LogP contribution in [0, 0.1) is 0 Å². The Morgan fingerprint density at radius 1 is 1.32 bits per heavy atom. The number of phenolic OH excluding ortho intramolecular Hbond substituents is 1. The van der Waals surface area contributed by atoms with Crippen LogP contribution in [0.2, 0.25) is 0 Å². The summed E-state index contributed by atoms with van der Waals surface area (Å²) in [5, 5.41) is 15.5. The number of hydrogen-bond acceptors (Lipinski definition) is 5. The summed E-state index contributed by atoms with van der Waals surface area (Å²) in [5.74, 6) is 1.49. The van der Waals surface area contributed by atoms with Gasteiger partial charge in [0.05, 0.1) is 7.11 Å². The number of thiazole rings is 1. The van der Waals surface area contributed by atoms with Gasteiger partial charge >= 0.3 is 0 Å². The van der Waals surface area contributed by atoms with Crippen molar-refractivity contribution in [3.63, 3.8) is 0 Å². The summed E-state index contributed by atoms with van der Waals surface area (Å²) in [6, 6.07) is 5.33. The summed E-state index contributed by atoms with van der Waals surface area (Å²) < 4.78 is 7.14. The Morgan fingerprint density at radius 2 is 2.09 bits per heavy atom. The lowest BCUT2D eigenvalue weighted by Crippen LogP contribution is -2.27. The van der Waals surface area contributed by atoms with Crippen LogP contribution in [-0.2, 0) is 0 Å². The lowest BCUT2D eigenvalue weighted by atomic mass is 10.1. The first-order valence-corrected chi connectivity index (χ1v) is 7.88. The Labute approximate surface area is 133 Å². The molecule has 0 fully saturated rings. The van der Waals surface area contributed by atoms with Gasteiger partial charge in [0.15, 0.2) is 16.5 Å². The Balaban J connectivity index is 2.15. The van der Waals surface area contributed by atoms with Crippen LogP contribution in [0.4, 0.5) is 5.82 Å². The van der Waals surface area contributed by atoms with Gasteiger partial charge in [0, 0.05) is 22.7 Å². The van der Waals surface area contributed by atoms with Crippen molar-refractivity contribution in [3.8, 4) is 22.8 Å². The molecule has 0 aliphatic rings. The predicted octanol–water partition coefficient (Wildman–Crippen LogP) is 3.99. The molecule has 3 aromatic rings. The van der Waals surface area contributed by atoms with E-state index in [4.69, 9.17) is 9.72 Å². The summed E-state index contributed by atoms with van der Waals surface area (Å²) in [4.78, 5) is 5.60. The lowest BCUT2D eigenvalue weighted by molar-refractivity contribution is 0.373. The molecule has 1 aromatic carbocycles. The molecule has 6 heteroatoms. The minimum atomic E-state index is -0.0961. The van der Waals surface area contributed by atoms with E-state index in [-0.39, 0.29) is 11.3 Å². The Hall–Kier alpha value is -2.21. The number of aromatic hydroxyl groups is 1. The monoisotopic (exact) mass is 317 g/mol. The third-order valence-corrected chi connectivity index (χ3v) is 3.96. The molecule has 0 aliphatic heterocycles. The zero-order chi connectivity index (χ0) is 15.9. The van der Waals surface area contributed by atoms with E-state index in [0.29, 0.717) is 5.75 Å². The van der Waals surface area contributed by atoms with Crippen LogP contribution in [0.15, 0.2) is 29.8 Å². The standard InChI is InChI=1S/C16H19N3O2S/c1-16(2,3)18-14-13(17-15-19(14)7-8-22-15)10-5-6-12(21-4)11(20)9-10/h5-9,18,20H,1-4H3. The number of hydrogen-bond donors (Lipinski definition) is 2. The van der Waals surface area contributed by atoms with Gasteiger partial charge in [-0.3, -0.25) is 4.40 Å². The van der Waals surface area contributed by atoms with Crippen molar-refractivity contribution in [3.05, 3.63) is 29.8 Å². The van der Waals surface area contributed by atoms with Gasteiger partial charge < -0.3 is 15.2 Å². The quantitative estimate of drug-likeness (QED) is 0.767. The third-order valence-electron chi connectivity index (χ3n) is 3.21. The average molecular weight is 317 g/mol. The zero-order valence-corrected chi connectivity index (χ0v) is 13.9. The molecular formula is C16H19N3O2S. The van der Waals surface area contributed by atoms with Crippen molar-refractivity contribution < 1.29 is 9.84 Å². The average Bonchev–Trinajstić information content (AvgIpc) is 3.00. The normalized spacial score (nSPS) is 11.8. The minimum absolute atomic E-state index is 0.0961. The first-order valence-electron chi connectivity index (χ1n) is 7.00. The number of nitrogens with zero attached hydrogens (tertiary/aromatic N) is 2. The molecule has 116 valence electrons. The summed E-state index contributed by atoms with van der Waals surface area (Å²) >= 11 is 1.58. The van der Waals surface area contributed by atoms with Crippen molar-refractivity contribution in [2.24, 2.45) is 0 Å². The van der Waals surface area contributed by atoms with E-state index in [1.54, 1.807) is 23.5 Å². The highest BCUT2D eigenvalue weighted by atomic mass is 32.1. The smallest absolute Gasteiger partial charge is 0.195 e. The molecule has 0 aliphatic carbocycles. The number of imidazole rings is 1. The molecule has 2 aromatic heterocycles. The second kappa shape index (κ2) is 5.21. The van der Waals surface area contributed by atoms with Gasteiger partial charge in [0.25, 0.3) is 0 Å². The Kier molecular flexibility index (Phi) is 3.48. The fourth-order valence-corrected chi connectivity index (χ4v) is 3.01. The van der Waals surface area contributed by atoms with Crippen molar-refractivity contribution in [1.29, 1.82) is 0 Å². The van der Waals surface area contributed by atoms with Gasteiger partial charge in [-0.1, -0.05) is 0 Å². The third kappa shape index (κ3) is 2.62. The van der Waals surface area contributed by atoms with Crippen LogP contribution in [0.1, 0.15) is 20.8 Å². The van der Waals surface area contributed by atoms with Crippen molar-refractivity contribution in [1.82, 2.24) is 9.38 Å². The van der Waals surface area contributed by atoms with E-state index in [2.05, 4.69) is 26.1 Å². The largest absolute Gasteiger partial charge is 0.504 e. The summed E-state index contributed by atoms with van der Waals surface area (Å²) in [7, 11) is 1.54. The van der Waals surface area contributed by atoms with Crippen molar-refractivity contribution >= 4 is 22.1 Å². The first-order chi connectivity index (χ1) is 10.4. The summed E-state index contributed by atoms with van der Waals surface area (Å²) in [6.45, 7) is 6.32. The Bertz CT molecular complexity index is 815. The molecule has 5 nitrogen and oxygen atoms in total. The number of methoxy groups -OCH3 is 1. The number of phenols is 1. The van der Waals surface area contributed by atoms with Crippen LogP contribution in [-0.4, -0.2) is 27.1 Å². The van der Waals surface area contributed by atoms with Gasteiger partial charge in [0.1, 0.15) is 11.5 Å². The number of fused-ring (bicyclic) bond motifs is 1. The molecular weight excluding hydrogens is 298 g/mol. The molecule has 0 bridgehead atoms. The number of ether oxygens (including phenoxy) is 1. The van der Waals surface area contributed by atoms with Gasteiger partial charge in [-0.15, -0.1) is 11.3 Å². The fourth-order valence-electron chi connectivity index (χ4n) is 2.30. The van der Waals surface area contributed by atoms with Crippen LogP contribution in [0.25, 0.3) is 16.2 Å². The summed E-state index contributed by atoms with van der Waals surface area (Å²) in [5.41, 5.74) is 1.57. The number of anilines is 1. The van der Waals surface area contributed by atoms with Gasteiger partial charge in [-0.05, 0) is 39.0 Å². The first kappa shape index (κ1) is 14.7. The topological polar surface area (TPSA) is 58.8 Å². The van der Waals surface area contributed by atoms with E-state index in [1.807, 2.05) is 22.0 Å². The molecule has 0 radical (unpaired) electrons. The van der Waals surface area contributed by atoms with Crippen LogP contribution < -0.4 is 10.1 Å². The second-order valence-corrected chi connectivity index (χ2v) is 7.00. The summed E-state index contributed by atoms with van der Waals surface area (Å²) in [6.07, 6.45) is 1.99. The van der Waals surface area contributed by atoms with Crippen molar-refractivity contribution in [2.45, 2.75) is 26.3 Å². The van der Waals surface area contributed by atoms with Crippen LogP contribution in [0.3, 0.4) is 0 Å². The molecule has 0 saturated carbocycles. The Morgan fingerprint density at radius 3 is 2.73 bits per heavy atom. The molecule has 22 heavy (non-hydrogen) atoms. The maximum atomic E-state index is 10.0. The van der Waals surface area contributed by atoms with Gasteiger partial charge in [-0.2, -0.15) is 0 Å². The highest BCUT2D eigenvalue weighted by Crippen LogP contribution is 2.36. The van der Waals surface area contributed by atoms with E-state index >= 15 is 0 Å². The van der Waals surface area contributed by atoms with Crippen molar-refractivity contribution in [2.75, 3.05) is 12.4 Å². The van der Waals surface area contributed by atoms with Gasteiger partial charge in [0.2, 0.25) is 0 Å². The number of rotatable bonds is 3. The van der Waals surface area contributed by atoms with Crippen LogP contribution in [0.5, 0.6) is 11.5 Å². The van der Waals surface area contributed by atoms with Crippen LogP contribution >= 0.6 is 11.3 Å². The molecule has 0 amide bonds. The number of benzene rings is 1. The fraction of sp³-hybridized carbons (Fsp3) is 0.312. The molecule has 2 heterocycles. The van der Waals surface area contributed by atoms with E-state index in [9.17, 15) is 5.11 Å². The predicted molar refractivity (Wildman–Crippen MR) is 90.1 cm³/mol. The molecule has 0 atom stereocenters. The van der Waals surface area contributed by atoms with Gasteiger partial charge in [-0.25, -0.2) is 4.98 Å². The second-order valence-electron chi connectivity index (χ2n) is 6.13. The molecule has 0 spiro atoms.